The second-order valence-corrected chi connectivity index (χ2v) is 4.29. The maximum absolute atomic E-state index is 10.7. The van der Waals surface area contributed by atoms with E-state index in [0.717, 1.165) is 11.8 Å². The van der Waals surface area contributed by atoms with Crippen molar-refractivity contribution in [3.63, 3.8) is 0 Å². The number of benzene rings is 1. The molecule has 0 radical (unpaired) electrons. The molecule has 1 aromatic heterocycles. The molecule has 0 saturated heterocycles. The lowest BCUT2D eigenvalue weighted by Gasteiger charge is -2.10. The first-order chi connectivity index (χ1) is 8.30. The van der Waals surface area contributed by atoms with Crippen LogP contribution in [0, 0.1) is 0 Å². The third-order valence-corrected chi connectivity index (χ3v) is 3.22. The number of thiazole rings is 1. The smallest absolute Gasteiger partial charge is 0.161 e. The second-order valence-electron chi connectivity index (χ2n) is 3.22. The van der Waals surface area contributed by atoms with Crippen molar-refractivity contribution in [1.82, 2.24) is 4.98 Å². The molecule has 0 fully saturated rings. The molecule has 0 unspecified atom stereocenters. The molecular weight excluding hydrogens is 238 g/mol. The number of aromatic nitrogens is 1. The van der Waals surface area contributed by atoms with Crippen molar-refractivity contribution in [2.75, 3.05) is 14.2 Å². The molecule has 0 atom stereocenters. The summed E-state index contributed by atoms with van der Waals surface area (Å²) < 4.78 is 10.6. The fourth-order valence-corrected chi connectivity index (χ4v) is 2.30. The first-order valence-electron chi connectivity index (χ1n) is 4.92. The van der Waals surface area contributed by atoms with Gasteiger partial charge in [-0.1, -0.05) is 6.07 Å². The Morgan fingerprint density at radius 2 is 1.88 bits per heavy atom. The van der Waals surface area contributed by atoms with Crippen LogP contribution in [0.4, 0.5) is 0 Å². The van der Waals surface area contributed by atoms with Crippen molar-refractivity contribution in [2.24, 2.45) is 0 Å². The lowest BCUT2D eigenvalue weighted by atomic mass is 10.2. The molecule has 1 heterocycles. The molecule has 0 N–H and O–H groups in total. The highest BCUT2D eigenvalue weighted by Gasteiger charge is 2.15. The van der Waals surface area contributed by atoms with Crippen molar-refractivity contribution in [2.45, 2.75) is 0 Å². The van der Waals surface area contributed by atoms with Crippen LogP contribution < -0.4 is 9.47 Å². The Morgan fingerprint density at radius 1 is 1.24 bits per heavy atom. The monoisotopic (exact) mass is 249 g/mol. The van der Waals surface area contributed by atoms with Crippen LogP contribution >= 0.6 is 11.3 Å². The zero-order valence-corrected chi connectivity index (χ0v) is 10.3. The van der Waals surface area contributed by atoms with Gasteiger partial charge in [-0.2, -0.15) is 0 Å². The minimum Gasteiger partial charge on any atom is -0.496 e. The Hall–Kier alpha value is -1.88. The molecule has 0 aliphatic carbocycles. The summed E-state index contributed by atoms with van der Waals surface area (Å²) >= 11 is 1.31. The minimum atomic E-state index is 0.577. The highest BCUT2D eigenvalue weighted by atomic mass is 32.1. The molecule has 0 amide bonds. The fourth-order valence-electron chi connectivity index (χ4n) is 1.52. The van der Waals surface area contributed by atoms with Gasteiger partial charge >= 0.3 is 0 Å². The SMILES string of the molecule is COc1cccc(OC)c1-c1ncc(C=O)s1. The van der Waals surface area contributed by atoms with Crippen molar-refractivity contribution >= 4 is 17.6 Å². The highest BCUT2D eigenvalue weighted by molar-refractivity contribution is 7.16. The molecule has 2 rings (SSSR count). The molecule has 88 valence electrons. The summed E-state index contributed by atoms with van der Waals surface area (Å²) in [7, 11) is 3.18. The van der Waals surface area contributed by atoms with Gasteiger partial charge in [-0.3, -0.25) is 4.79 Å². The topological polar surface area (TPSA) is 48.4 Å². The van der Waals surface area contributed by atoms with Crippen molar-refractivity contribution in [3.8, 4) is 22.1 Å². The van der Waals surface area contributed by atoms with Gasteiger partial charge in [0.15, 0.2) is 6.29 Å². The lowest BCUT2D eigenvalue weighted by molar-refractivity contribution is 0.112. The number of carbonyl (C=O) groups excluding carboxylic acids is 1. The molecule has 0 spiro atoms. The lowest BCUT2D eigenvalue weighted by Crippen LogP contribution is -1.92. The average Bonchev–Trinajstić information content (AvgIpc) is 2.86. The van der Waals surface area contributed by atoms with E-state index >= 15 is 0 Å². The van der Waals surface area contributed by atoms with E-state index in [1.165, 1.54) is 11.3 Å². The van der Waals surface area contributed by atoms with Gasteiger partial charge in [-0.05, 0) is 12.1 Å². The highest BCUT2D eigenvalue weighted by Crippen LogP contribution is 2.39. The number of carbonyl (C=O) groups is 1. The van der Waals surface area contributed by atoms with Crippen LogP contribution in [0.2, 0.25) is 0 Å². The van der Waals surface area contributed by atoms with E-state index in [1.54, 1.807) is 20.4 Å². The molecule has 0 aliphatic rings. The van der Waals surface area contributed by atoms with Crippen LogP contribution in [0.1, 0.15) is 9.67 Å². The van der Waals surface area contributed by atoms with Gasteiger partial charge in [0.25, 0.3) is 0 Å². The third-order valence-electron chi connectivity index (χ3n) is 2.28. The van der Waals surface area contributed by atoms with E-state index in [0.29, 0.717) is 21.4 Å². The Bertz CT molecular complexity index is 514. The third kappa shape index (κ3) is 2.14. The summed E-state index contributed by atoms with van der Waals surface area (Å²) in [5.74, 6) is 1.35. The predicted octanol–water partition coefficient (Wildman–Crippen LogP) is 2.64. The van der Waals surface area contributed by atoms with Crippen molar-refractivity contribution in [1.29, 1.82) is 0 Å². The zero-order chi connectivity index (χ0) is 12.3. The molecular formula is C12H11NO3S. The quantitative estimate of drug-likeness (QED) is 0.781. The number of methoxy groups -OCH3 is 2. The Labute approximate surface area is 103 Å². The van der Waals surface area contributed by atoms with Crippen LogP contribution in [0.3, 0.4) is 0 Å². The van der Waals surface area contributed by atoms with Gasteiger partial charge in [0.1, 0.15) is 16.5 Å². The summed E-state index contributed by atoms with van der Waals surface area (Å²) in [5, 5.41) is 0.710. The molecule has 0 saturated carbocycles. The van der Waals surface area contributed by atoms with E-state index in [4.69, 9.17) is 9.47 Å². The number of hydrogen-bond acceptors (Lipinski definition) is 5. The van der Waals surface area contributed by atoms with Crippen LogP contribution in [-0.4, -0.2) is 25.5 Å². The maximum atomic E-state index is 10.7. The average molecular weight is 249 g/mol. The van der Waals surface area contributed by atoms with Gasteiger partial charge in [-0.25, -0.2) is 4.98 Å². The fraction of sp³-hybridized carbons (Fsp3) is 0.167. The normalized spacial score (nSPS) is 10.0. The van der Waals surface area contributed by atoms with Crippen LogP contribution in [0.5, 0.6) is 11.5 Å². The minimum absolute atomic E-state index is 0.577. The first kappa shape index (κ1) is 11.6. The molecule has 4 nitrogen and oxygen atoms in total. The molecule has 1 aromatic carbocycles. The number of rotatable bonds is 4. The van der Waals surface area contributed by atoms with Crippen molar-refractivity contribution < 1.29 is 14.3 Å². The predicted molar refractivity (Wildman–Crippen MR) is 66.0 cm³/mol. The van der Waals surface area contributed by atoms with Gasteiger partial charge in [-0.15, -0.1) is 11.3 Å². The van der Waals surface area contributed by atoms with Gasteiger partial charge in [0.05, 0.1) is 24.7 Å². The zero-order valence-electron chi connectivity index (χ0n) is 9.47. The summed E-state index contributed by atoms with van der Waals surface area (Å²) in [6.45, 7) is 0. The van der Waals surface area contributed by atoms with E-state index < -0.39 is 0 Å². The number of nitrogens with zero attached hydrogens (tertiary/aromatic N) is 1. The van der Waals surface area contributed by atoms with E-state index in [-0.39, 0.29) is 0 Å². The largest absolute Gasteiger partial charge is 0.496 e. The maximum Gasteiger partial charge on any atom is 0.161 e. The van der Waals surface area contributed by atoms with Gasteiger partial charge in [0, 0.05) is 6.20 Å². The van der Waals surface area contributed by atoms with Gasteiger partial charge in [0.2, 0.25) is 0 Å². The molecule has 2 aromatic rings. The van der Waals surface area contributed by atoms with E-state index in [9.17, 15) is 4.79 Å². The number of aldehydes is 1. The summed E-state index contributed by atoms with van der Waals surface area (Å²) in [4.78, 5) is 15.4. The van der Waals surface area contributed by atoms with Crippen LogP contribution in [0.25, 0.3) is 10.6 Å². The standard InChI is InChI=1S/C12H11NO3S/c1-15-9-4-3-5-10(16-2)11(9)12-13-6-8(7-14)17-12/h3-7H,1-2H3. The summed E-state index contributed by atoms with van der Waals surface area (Å²) in [6, 6.07) is 5.51. The molecule has 0 bridgehead atoms. The first-order valence-corrected chi connectivity index (χ1v) is 5.74. The van der Waals surface area contributed by atoms with E-state index in [1.807, 2.05) is 18.2 Å². The van der Waals surface area contributed by atoms with Crippen molar-refractivity contribution in [3.05, 3.63) is 29.3 Å². The molecule has 5 heteroatoms. The summed E-state index contributed by atoms with van der Waals surface area (Å²) in [6.07, 6.45) is 2.32. The Kier molecular flexibility index (Phi) is 3.39. The Balaban J connectivity index is 2.59. The molecule has 17 heavy (non-hydrogen) atoms. The second kappa shape index (κ2) is 4.97. The van der Waals surface area contributed by atoms with E-state index in [2.05, 4.69) is 4.98 Å². The number of ether oxygens (including phenoxy) is 2. The van der Waals surface area contributed by atoms with Gasteiger partial charge < -0.3 is 9.47 Å². The number of hydrogen-bond donors (Lipinski definition) is 0. The Morgan fingerprint density at radius 3 is 2.35 bits per heavy atom. The molecule has 0 aliphatic heterocycles. The summed E-state index contributed by atoms with van der Waals surface area (Å²) in [5.41, 5.74) is 0.774. The van der Waals surface area contributed by atoms with Crippen LogP contribution in [0.15, 0.2) is 24.4 Å². The van der Waals surface area contributed by atoms with Crippen LogP contribution in [-0.2, 0) is 0 Å².